The molecule has 3 N–H and O–H groups in total. The normalized spacial score (nSPS) is 13.1. The van der Waals surface area contributed by atoms with Crippen molar-refractivity contribution in [3.8, 4) is 0 Å². The van der Waals surface area contributed by atoms with Crippen LogP contribution in [0.25, 0.3) is 11.8 Å². The number of aliphatic hydroxyl groups is 1. The SMILES string of the molecule is C=CCC=C(/C=C\CC)n1ncc(CCC)c1/C=C/CCC(O)CCc1ccc(F)cc1C(N)=O. The Morgan fingerprint density at radius 1 is 1.23 bits per heavy atom. The Hall–Kier alpha value is -3.25. The third kappa shape index (κ3) is 8.80. The molecule has 0 saturated heterocycles. The van der Waals surface area contributed by atoms with E-state index in [9.17, 15) is 14.3 Å². The maximum absolute atomic E-state index is 13.4. The van der Waals surface area contributed by atoms with Gasteiger partial charge in [-0.3, -0.25) is 4.79 Å². The highest BCUT2D eigenvalue weighted by atomic mass is 19.1. The number of nitrogens with two attached hydrogens (primary N) is 1. The monoisotopic (exact) mass is 479 g/mol. The van der Waals surface area contributed by atoms with Crippen LogP contribution in [0.5, 0.6) is 0 Å². The molecule has 1 unspecified atom stereocenters. The predicted molar refractivity (Wildman–Crippen MR) is 142 cm³/mol. The van der Waals surface area contributed by atoms with Gasteiger partial charge in [0.2, 0.25) is 5.91 Å². The molecule has 0 aliphatic rings. The van der Waals surface area contributed by atoms with Gasteiger partial charge in [0.05, 0.1) is 23.7 Å². The van der Waals surface area contributed by atoms with E-state index in [-0.39, 0.29) is 5.56 Å². The topological polar surface area (TPSA) is 81.1 Å². The van der Waals surface area contributed by atoms with Gasteiger partial charge in [0.1, 0.15) is 5.82 Å². The van der Waals surface area contributed by atoms with Crippen molar-refractivity contribution in [2.24, 2.45) is 5.73 Å². The van der Waals surface area contributed by atoms with Crippen LogP contribution in [0.15, 0.2) is 61.4 Å². The highest BCUT2D eigenvalue weighted by Crippen LogP contribution is 2.20. The van der Waals surface area contributed by atoms with Crippen LogP contribution in [0.3, 0.4) is 0 Å². The number of hydrogen-bond donors (Lipinski definition) is 2. The minimum Gasteiger partial charge on any atom is -0.393 e. The molecule has 1 amide bonds. The fraction of sp³-hybridized carbons (Fsp3) is 0.379. The zero-order valence-electron chi connectivity index (χ0n) is 20.9. The van der Waals surface area contributed by atoms with Crippen molar-refractivity contribution >= 4 is 17.7 Å². The first-order valence-corrected chi connectivity index (χ1v) is 12.4. The fourth-order valence-corrected chi connectivity index (χ4v) is 3.85. The number of aliphatic hydroxyl groups excluding tert-OH is 1. The molecule has 0 aliphatic carbocycles. The first-order valence-electron chi connectivity index (χ1n) is 12.4. The van der Waals surface area contributed by atoms with Gasteiger partial charge in [-0.15, -0.1) is 6.58 Å². The molecule has 0 fully saturated rings. The number of nitrogens with zero attached hydrogens (tertiary/aromatic N) is 2. The molecule has 0 bridgehead atoms. The lowest BCUT2D eigenvalue weighted by Crippen LogP contribution is -2.15. The molecule has 1 atom stereocenters. The molecular weight excluding hydrogens is 441 g/mol. The van der Waals surface area contributed by atoms with Gasteiger partial charge >= 0.3 is 0 Å². The molecule has 2 aromatic rings. The van der Waals surface area contributed by atoms with Gasteiger partial charge in [-0.2, -0.15) is 5.10 Å². The zero-order chi connectivity index (χ0) is 25.6. The molecular formula is C29H38FN3O2. The summed E-state index contributed by atoms with van der Waals surface area (Å²) in [5.74, 6) is -1.16. The summed E-state index contributed by atoms with van der Waals surface area (Å²) in [7, 11) is 0. The Balaban J connectivity index is 2.06. The molecule has 5 nitrogen and oxygen atoms in total. The van der Waals surface area contributed by atoms with E-state index < -0.39 is 17.8 Å². The molecule has 1 heterocycles. The van der Waals surface area contributed by atoms with E-state index in [0.29, 0.717) is 31.2 Å². The Bertz CT molecular complexity index is 1070. The number of aromatic nitrogens is 2. The van der Waals surface area contributed by atoms with Crippen molar-refractivity contribution in [1.29, 1.82) is 0 Å². The van der Waals surface area contributed by atoms with Crippen LogP contribution < -0.4 is 5.73 Å². The summed E-state index contributed by atoms with van der Waals surface area (Å²) in [6, 6.07) is 4.02. The quantitative estimate of drug-likeness (QED) is 0.234. The fourth-order valence-electron chi connectivity index (χ4n) is 3.85. The maximum atomic E-state index is 13.4. The summed E-state index contributed by atoms with van der Waals surface area (Å²) in [4.78, 5) is 11.6. The van der Waals surface area contributed by atoms with Gasteiger partial charge in [-0.1, -0.05) is 50.6 Å². The number of hydrogen-bond acceptors (Lipinski definition) is 3. The van der Waals surface area contributed by atoms with Gasteiger partial charge in [0.25, 0.3) is 0 Å². The number of benzene rings is 1. The van der Waals surface area contributed by atoms with Crippen LogP contribution in [0.2, 0.25) is 0 Å². The number of carbonyl (C=O) groups is 1. The average molecular weight is 480 g/mol. The first-order chi connectivity index (χ1) is 16.9. The standard InChI is InChI=1S/C29H38FN3O2/c1-4-7-12-25(13-8-5-2)33-28(23(11-6-3)21-32-33)15-10-9-14-26(34)19-17-22-16-18-24(30)20-27(22)29(31)35/h4,8,10,12-13,15-16,18,20-21,26,34H,1,5-7,9,11,14,17,19H2,2-3H3,(H2,31,35)/b13-8-,15-10+,25-12?. The van der Waals surface area contributed by atoms with Crippen molar-refractivity contribution in [2.45, 2.75) is 71.3 Å². The molecule has 0 aliphatic heterocycles. The summed E-state index contributed by atoms with van der Waals surface area (Å²) in [6.07, 6.45) is 19.6. The van der Waals surface area contributed by atoms with E-state index in [1.54, 1.807) is 6.07 Å². The first kappa shape index (κ1) is 28.0. The van der Waals surface area contributed by atoms with E-state index in [0.717, 1.165) is 43.1 Å². The van der Waals surface area contributed by atoms with Crippen molar-refractivity contribution in [2.75, 3.05) is 0 Å². The predicted octanol–water partition coefficient (Wildman–Crippen LogP) is 6.24. The summed E-state index contributed by atoms with van der Waals surface area (Å²) >= 11 is 0. The molecule has 35 heavy (non-hydrogen) atoms. The molecule has 1 aromatic heterocycles. The third-order valence-electron chi connectivity index (χ3n) is 5.69. The van der Waals surface area contributed by atoms with Crippen molar-refractivity contribution in [3.63, 3.8) is 0 Å². The Morgan fingerprint density at radius 2 is 2.03 bits per heavy atom. The van der Waals surface area contributed by atoms with Crippen molar-refractivity contribution < 1.29 is 14.3 Å². The number of primary amides is 1. The lowest BCUT2D eigenvalue weighted by atomic mass is 9.99. The van der Waals surface area contributed by atoms with Crippen LogP contribution in [0.4, 0.5) is 4.39 Å². The van der Waals surface area contributed by atoms with E-state index in [2.05, 4.69) is 55.9 Å². The van der Waals surface area contributed by atoms with Gasteiger partial charge in [-0.05, 0) is 80.4 Å². The number of halogens is 1. The summed E-state index contributed by atoms with van der Waals surface area (Å²) in [5, 5.41) is 15.1. The number of carbonyl (C=O) groups excluding carboxylic acids is 1. The van der Waals surface area contributed by atoms with Gasteiger partial charge in [-0.25, -0.2) is 9.07 Å². The van der Waals surface area contributed by atoms with Crippen LogP contribution in [-0.4, -0.2) is 26.9 Å². The van der Waals surface area contributed by atoms with Gasteiger partial charge in [0.15, 0.2) is 0 Å². The van der Waals surface area contributed by atoms with Crippen molar-refractivity contribution in [1.82, 2.24) is 9.78 Å². The van der Waals surface area contributed by atoms with E-state index in [4.69, 9.17) is 5.73 Å². The Labute approximate surface area is 208 Å². The second-order valence-electron chi connectivity index (χ2n) is 8.52. The molecule has 2 rings (SSSR count). The summed E-state index contributed by atoms with van der Waals surface area (Å²) in [5.41, 5.74) is 9.44. The van der Waals surface area contributed by atoms with Crippen LogP contribution in [0, 0.1) is 5.82 Å². The minimum absolute atomic E-state index is 0.172. The van der Waals surface area contributed by atoms with E-state index >= 15 is 0 Å². The second-order valence-corrected chi connectivity index (χ2v) is 8.52. The number of amides is 1. The lowest BCUT2D eigenvalue weighted by molar-refractivity contribution is 0.0998. The highest BCUT2D eigenvalue weighted by molar-refractivity contribution is 5.94. The Morgan fingerprint density at radius 3 is 2.71 bits per heavy atom. The highest BCUT2D eigenvalue weighted by Gasteiger charge is 2.13. The van der Waals surface area contributed by atoms with Crippen LogP contribution in [-0.2, 0) is 12.8 Å². The number of rotatable bonds is 15. The van der Waals surface area contributed by atoms with Crippen molar-refractivity contribution in [3.05, 3.63) is 89.6 Å². The molecule has 0 spiro atoms. The smallest absolute Gasteiger partial charge is 0.249 e. The Kier molecular flexibility index (Phi) is 11.9. The second kappa shape index (κ2) is 14.9. The largest absolute Gasteiger partial charge is 0.393 e. The lowest BCUT2D eigenvalue weighted by Gasteiger charge is -2.11. The molecule has 188 valence electrons. The number of aryl methyl sites for hydroxylation is 2. The summed E-state index contributed by atoms with van der Waals surface area (Å²) < 4.78 is 15.4. The zero-order valence-corrected chi connectivity index (χ0v) is 20.9. The maximum Gasteiger partial charge on any atom is 0.249 e. The van der Waals surface area contributed by atoms with Crippen LogP contribution in [0.1, 0.15) is 79.6 Å². The minimum atomic E-state index is -0.660. The van der Waals surface area contributed by atoms with E-state index in [1.807, 2.05) is 17.0 Å². The molecule has 6 heteroatoms. The van der Waals surface area contributed by atoms with E-state index in [1.165, 1.54) is 11.6 Å². The molecule has 0 radical (unpaired) electrons. The third-order valence-corrected chi connectivity index (χ3v) is 5.69. The number of allylic oxidation sites excluding steroid dienone is 6. The molecule has 0 saturated carbocycles. The summed E-state index contributed by atoms with van der Waals surface area (Å²) in [6.45, 7) is 8.07. The molecule has 1 aromatic carbocycles. The van der Waals surface area contributed by atoms with Gasteiger partial charge in [0, 0.05) is 5.56 Å². The average Bonchev–Trinajstić information content (AvgIpc) is 3.23. The van der Waals surface area contributed by atoms with Gasteiger partial charge < -0.3 is 10.8 Å². The van der Waals surface area contributed by atoms with Crippen LogP contribution >= 0.6 is 0 Å².